The molecular formula is C14H18O3. The molecule has 0 bridgehead atoms. The molecule has 0 aromatic heterocycles. The summed E-state index contributed by atoms with van der Waals surface area (Å²) in [5.41, 5.74) is 1.15. The van der Waals surface area contributed by atoms with E-state index in [-0.39, 0.29) is 11.9 Å². The zero-order valence-corrected chi connectivity index (χ0v) is 10.3. The van der Waals surface area contributed by atoms with Crippen molar-refractivity contribution < 1.29 is 14.3 Å². The highest BCUT2D eigenvalue weighted by atomic mass is 16.5. The Morgan fingerprint density at radius 1 is 1.35 bits per heavy atom. The second kappa shape index (κ2) is 7.63. The molecule has 1 aromatic rings. The van der Waals surface area contributed by atoms with E-state index in [1.165, 1.54) is 13.2 Å². The van der Waals surface area contributed by atoms with Crippen LogP contribution in [0.15, 0.2) is 42.5 Å². The molecule has 1 rings (SSSR count). The maximum absolute atomic E-state index is 10.9. The number of ether oxygens (including phenoxy) is 2. The smallest absolute Gasteiger partial charge is 0.330 e. The van der Waals surface area contributed by atoms with Crippen molar-refractivity contribution in [3.05, 3.63) is 48.0 Å². The summed E-state index contributed by atoms with van der Waals surface area (Å²) in [6.07, 6.45) is 3.22. The highest BCUT2D eigenvalue weighted by molar-refractivity contribution is 5.81. The van der Waals surface area contributed by atoms with Crippen molar-refractivity contribution >= 4 is 5.97 Å². The molecule has 0 saturated heterocycles. The van der Waals surface area contributed by atoms with Crippen LogP contribution in [0.25, 0.3) is 0 Å². The van der Waals surface area contributed by atoms with Crippen molar-refractivity contribution in [2.24, 2.45) is 5.92 Å². The number of esters is 1. The monoisotopic (exact) mass is 234 g/mol. The Bertz CT molecular complexity index is 357. The predicted molar refractivity (Wildman–Crippen MR) is 66.4 cm³/mol. The van der Waals surface area contributed by atoms with E-state index in [1.54, 1.807) is 6.08 Å². The lowest BCUT2D eigenvalue weighted by Crippen LogP contribution is -2.04. The maximum Gasteiger partial charge on any atom is 0.330 e. The molecule has 0 fully saturated rings. The van der Waals surface area contributed by atoms with Gasteiger partial charge < -0.3 is 9.47 Å². The fourth-order valence-electron chi connectivity index (χ4n) is 1.30. The molecule has 1 atom stereocenters. The number of hydrogen-bond donors (Lipinski definition) is 0. The van der Waals surface area contributed by atoms with Gasteiger partial charge in [-0.3, -0.25) is 0 Å². The summed E-state index contributed by atoms with van der Waals surface area (Å²) < 4.78 is 10.1. The van der Waals surface area contributed by atoms with Crippen LogP contribution in [-0.2, 0) is 20.9 Å². The number of carbonyl (C=O) groups is 1. The molecule has 0 aliphatic heterocycles. The number of benzene rings is 1. The van der Waals surface area contributed by atoms with Crippen molar-refractivity contribution in [1.82, 2.24) is 0 Å². The summed E-state index contributed by atoms with van der Waals surface area (Å²) in [7, 11) is 1.36. The summed E-state index contributed by atoms with van der Waals surface area (Å²) in [4.78, 5) is 10.9. The second-order valence-electron chi connectivity index (χ2n) is 3.86. The number of rotatable bonds is 6. The zero-order chi connectivity index (χ0) is 12.5. The third-order valence-corrected chi connectivity index (χ3v) is 2.25. The third-order valence-electron chi connectivity index (χ3n) is 2.25. The SMILES string of the molecule is COC(=O)/C=C/C(C)COCc1ccccc1. The van der Waals surface area contributed by atoms with Crippen LogP contribution in [0.1, 0.15) is 12.5 Å². The summed E-state index contributed by atoms with van der Waals surface area (Å²) in [5, 5.41) is 0. The largest absolute Gasteiger partial charge is 0.466 e. The van der Waals surface area contributed by atoms with E-state index in [9.17, 15) is 4.79 Å². The van der Waals surface area contributed by atoms with Gasteiger partial charge in [0, 0.05) is 6.08 Å². The quantitative estimate of drug-likeness (QED) is 0.560. The summed E-state index contributed by atoms with van der Waals surface area (Å²) in [6.45, 7) is 3.17. The fourth-order valence-corrected chi connectivity index (χ4v) is 1.30. The van der Waals surface area contributed by atoms with Crippen molar-refractivity contribution in [2.45, 2.75) is 13.5 Å². The Balaban J connectivity index is 2.22. The molecule has 3 nitrogen and oxygen atoms in total. The first-order valence-corrected chi connectivity index (χ1v) is 5.60. The van der Waals surface area contributed by atoms with Crippen molar-refractivity contribution in [2.75, 3.05) is 13.7 Å². The van der Waals surface area contributed by atoms with E-state index < -0.39 is 0 Å². The molecule has 0 heterocycles. The minimum atomic E-state index is -0.333. The first-order valence-electron chi connectivity index (χ1n) is 5.60. The van der Waals surface area contributed by atoms with Crippen LogP contribution in [-0.4, -0.2) is 19.7 Å². The van der Waals surface area contributed by atoms with Crippen molar-refractivity contribution in [3.63, 3.8) is 0 Å². The molecule has 92 valence electrons. The standard InChI is InChI=1S/C14H18O3/c1-12(8-9-14(15)16-2)10-17-11-13-6-4-3-5-7-13/h3-9,12H,10-11H2,1-2H3/b9-8+. The average molecular weight is 234 g/mol. The Hall–Kier alpha value is -1.61. The Kier molecular flexibility index (Phi) is 6.04. The van der Waals surface area contributed by atoms with Gasteiger partial charge in [0.1, 0.15) is 0 Å². The van der Waals surface area contributed by atoms with E-state index >= 15 is 0 Å². The van der Waals surface area contributed by atoms with Gasteiger partial charge in [0.2, 0.25) is 0 Å². The average Bonchev–Trinajstić information content (AvgIpc) is 2.37. The first kappa shape index (κ1) is 13.5. The molecule has 0 spiro atoms. The second-order valence-corrected chi connectivity index (χ2v) is 3.86. The van der Waals surface area contributed by atoms with E-state index in [0.29, 0.717) is 13.2 Å². The van der Waals surface area contributed by atoms with Crippen LogP contribution < -0.4 is 0 Å². The van der Waals surface area contributed by atoms with Crippen LogP contribution in [0.5, 0.6) is 0 Å². The summed E-state index contributed by atoms with van der Waals surface area (Å²) in [6, 6.07) is 9.99. The minimum Gasteiger partial charge on any atom is -0.466 e. The van der Waals surface area contributed by atoms with Crippen molar-refractivity contribution in [3.8, 4) is 0 Å². The lowest BCUT2D eigenvalue weighted by atomic mass is 10.2. The van der Waals surface area contributed by atoms with E-state index in [0.717, 1.165) is 5.56 Å². The topological polar surface area (TPSA) is 35.5 Å². The van der Waals surface area contributed by atoms with Crippen LogP contribution in [0.3, 0.4) is 0 Å². The Morgan fingerprint density at radius 3 is 2.71 bits per heavy atom. The molecule has 1 aromatic carbocycles. The van der Waals surface area contributed by atoms with Crippen LogP contribution in [0.2, 0.25) is 0 Å². The molecule has 0 N–H and O–H groups in total. The van der Waals surface area contributed by atoms with Gasteiger partial charge in [-0.15, -0.1) is 0 Å². The van der Waals surface area contributed by atoms with Gasteiger partial charge in [-0.05, 0) is 11.5 Å². The normalized spacial score (nSPS) is 12.6. The fraction of sp³-hybridized carbons (Fsp3) is 0.357. The number of methoxy groups -OCH3 is 1. The van der Waals surface area contributed by atoms with Crippen LogP contribution in [0, 0.1) is 5.92 Å². The van der Waals surface area contributed by atoms with Gasteiger partial charge in [0.15, 0.2) is 0 Å². The molecule has 0 amide bonds. The molecule has 17 heavy (non-hydrogen) atoms. The van der Waals surface area contributed by atoms with Gasteiger partial charge in [-0.1, -0.05) is 43.3 Å². The molecular weight excluding hydrogens is 216 g/mol. The summed E-state index contributed by atoms with van der Waals surface area (Å²) in [5.74, 6) is -0.141. The van der Waals surface area contributed by atoms with E-state index in [1.807, 2.05) is 37.3 Å². The van der Waals surface area contributed by atoms with Crippen LogP contribution >= 0.6 is 0 Å². The minimum absolute atomic E-state index is 0.192. The van der Waals surface area contributed by atoms with Gasteiger partial charge in [0.25, 0.3) is 0 Å². The zero-order valence-electron chi connectivity index (χ0n) is 10.3. The van der Waals surface area contributed by atoms with Gasteiger partial charge in [-0.25, -0.2) is 4.79 Å². The molecule has 0 saturated carbocycles. The highest BCUT2D eigenvalue weighted by Gasteiger charge is 1.99. The Morgan fingerprint density at radius 2 is 2.06 bits per heavy atom. The summed E-state index contributed by atoms with van der Waals surface area (Å²) >= 11 is 0. The first-order chi connectivity index (χ1) is 8.22. The molecule has 0 aliphatic rings. The molecule has 3 heteroatoms. The lowest BCUT2D eigenvalue weighted by Gasteiger charge is -2.07. The number of carbonyl (C=O) groups excluding carboxylic acids is 1. The third kappa shape index (κ3) is 5.88. The lowest BCUT2D eigenvalue weighted by molar-refractivity contribution is -0.134. The van der Waals surface area contributed by atoms with E-state index in [4.69, 9.17) is 4.74 Å². The Labute approximate surface area is 102 Å². The molecule has 1 unspecified atom stereocenters. The maximum atomic E-state index is 10.9. The van der Waals surface area contributed by atoms with Gasteiger partial charge in [0.05, 0.1) is 20.3 Å². The highest BCUT2D eigenvalue weighted by Crippen LogP contribution is 2.04. The van der Waals surface area contributed by atoms with Crippen LogP contribution in [0.4, 0.5) is 0 Å². The van der Waals surface area contributed by atoms with Crippen molar-refractivity contribution in [1.29, 1.82) is 0 Å². The predicted octanol–water partition coefficient (Wildman–Crippen LogP) is 2.57. The van der Waals surface area contributed by atoms with E-state index in [2.05, 4.69) is 4.74 Å². The number of hydrogen-bond acceptors (Lipinski definition) is 3. The molecule has 0 aliphatic carbocycles. The van der Waals surface area contributed by atoms with Gasteiger partial charge in [-0.2, -0.15) is 0 Å². The van der Waals surface area contributed by atoms with Gasteiger partial charge >= 0.3 is 5.97 Å². The molecule has 0 radical (unpaired) electrons.